The third-order valence-electron chi connectivity index (χ3n) is 8.86. The van der Waals surface area contributed by atoms with Gasteiger partial charge >= 0.3 is 7.82 Å². The van der Waals surface area contributed by atoms with Crippen LogP contribution in [0.4, 0.5) is 0 Å². The third kappa shape index (κ3) is 32.1. The first-order chi connectivity index (χ1) is 22.0. The maximum atomic E-state index is 12.5. The molecular formula is C37H78N2O6P+. The maximum Gasteiger partial charge on any atom is 0.472 e. The van der Waals surface area contributed by atoms with E-state index in [1.54, 1.807) is 0 Å². The maximum absolute atomic E-state index is 12.5. The number of likely N-dealkylation sites (N-methyl/N-ethyl adjacent to an activating group) is 1. The number of aliphatic hydroxyl groups excluding tert-OH is 1. The van der Waals surface area contributed by atoms with Gasteiger partial charge in [0, 0.05) is 6.42 Å². The summed E-state index contributed by atoms with van der Waals surface area (Å²) in [6.07, 6.45) is 30.4. The number of aliphatic hydroxyl groups is 1. The van der Waals surface area contributed by atoms with Crippen LogP contribution < -0.4 is 5.32 Å². The zero-order chi connectivity index (χ0) is 34.4. The fourth-order valence-corrected chi connectivity index (χ4v) is 6.43. The molecule has 9 heteroatoms. The summed E-state index contributed by atoms with van der Waals surface area (Å²) in [6.45, 7) is 4.77. The molecule has 0 fully saturated rings. The molecule has 0 bridgehead atoms. The number of nitrogens with one attached hydrogen (secondary N) is 1. The first-order valence-electron chi connectivity index (χ1n) is 19.4. The van der Waals surface area contributed by atoms with Crippen molar-refractivity contribution in [2.45, 2.75) is 193 Å². The Morgan fingerprint density at radius 2 is 1.04 bits per heavy atom. The van der Waals surface area contributed by atoms with Gasteiger partial charge in [-0.05, 0) is 12.8 Å². The van der Waals surface area contributed by atoms with Crippen molar-refractivity contribution in [1.82, 2.24) is 5.32 Å². The Morgan fingerprint density at radius 3 is 1.46 bits per heavy atom. The predicted molar refractivity (Wildman–Crippen MR) is 194 cm³/mol. The standard InChI is InChI=1S/C37H77N2O6P/c1-6-8-10-12-13-14-15-16-17-18-19-20-21-22-23-24-25-26-27-28-30-36(40)35(38-37(41)31-29-11-9-7-2)34-45-46(42,43)44-33-32-39(3,4)5/h35-36,40H,6-34H2,1-5H3,(H-,38,41,42,43)/p+1. The Kier molecular flexibility index (Phi) is 30.2. The number of hydrogen-bond acceptors (Lipinski definition) is 5. The summed E-state index contributed by atoms with van der Waals surface area (Å²) in [6, 6.07) is -0.749. The van der Waals surface area contributed by atoms with E-state index in [9.17, 15) is 19.4 Å². The molecule has 3 atom stereocenters. The van der Waals surface area contributed by atoms with E-state index in [1.165, 1.54) is 109 Å². The van der Waals surface area contributed by atoms with E-state index >= 15 is 0 Å². The summed E-state index contributed by atoms with van der Waals surface area (Å²) >= 11 is 0. The molecule has 0 aromatic carbocycles. The average Bonchev–Trinajstić information content (AvgIpc) is 2.99. The molecular weight excluding hydrogens is 599 g/mol. The van der Waals surface area contributed by atoms with Crippen LogP contribution in [0.3, 0.4) is 0 Å². The smallest absolute Gasteiger partial charge is 0.391 e. The van der Waals surface area contributed by atoms with Crippen LogP contribution in [0, 0.1) is 0 Å². The molecule has 276 valence electrons. The minimum Gasteiger partial charge on any atom is -0.391 e. The van der Waals surface area contributed by atoms with Crippen LogP contribution in [-0.2, 0) is 18.4 Å². The minimum atomic E-state index is -4.29. The van der Waals surface area contributed by atoms with Crippen LogP contribution in [0.5, 0.6) is 0 Å². The summed E-state index contributed by atoms with van der Waals surface area (Å²) in [5, 5.41) is 13.7. The Balaban J connectivity index is 4.10. The Morgan fingerprint density at radius 1 is 0.652 bits per heavy atom. The first-order valence-corrected chi connectivity index (χ1v) is 20.9. The van der Waals surface area contributed by atoms with Gasteiger partial charge < -0.3 is 19.8 Å². The van der Waals surface area contributed by atoms with E-state index in [4.69, 9.17) is 9.05 Å². The van der Waals surface area contributed by atoms with Gasteiger partial charge in [0.05, 0.1) is 39.9 Å². The second kappa shape index (κ2) is 30.6. The third-order valence-corrected chi connectivity index (χ3v) is 9.84. The van der Waals surface area contributed by atoms with Crippen molar-refractivity contribution in [2.75, 3.05) is 40.9 Å². The average molecular weight is 678 g/mol. The number of carbonyl (C=O) groups excluding carboxylic acids is 1. The van der Waals surface area contributed by atoms with E-state index in [0.29, 0.717) is 23.9 Å². The van der Waals surface area contributed by atoms with Crippen molar-refractivity contribution in [3.05, 3.63) is 0 Å². The normalized spacial score (nSPS) is 14.7. The van der Waals surface area contributed by atoms with Gasteiger partial charge in [-0.1, -0.05) is 162 Å². The minimum absolute atomic E-state index is 0.0771. The quantitative estimate of drug-likeness (QED) is 0.0350. The van der Waals surface area contributed by atoms with Crippen LogP contribution in [-0.4, -0.2) is 73.4 Å². The topological polar surface area (TPSA) is 105 Å². The van der Waals surface area contributed by atoms with Crippen LogP contribution in [0.25, 0.3) is 0 Å². The number of unbranched alkanes of at least 4 members (excludes halogenated alkanes) is 22. The molecule has 3 unspecified atom stereocenters. The van der Waals surface area contributed by atoms with Gasteiger partial charge in [-0.25, -0.2) is 4.57 Å². The SMILES string of the molecule is CCCCCCCCCCCCCCCCCCCCCCC(O)C(COP(=O)(O)OCC[N+](C)(C)C)NC(=O)CCCCCC. The molecule has 0 aromatic heterocycles. The lowest BCUT2D eigenvalue weighted by atomic mass is 10.0. The molecule has 0 saturated carbocycles. The highest BCUT2D eigenvalue weighted by Crippen LogP contribution is 2.43. The van der Waals surface area contributed by atoms with Gasteiger partial charge in [-0.15, -0.1) is 0 Å². The number of nitrogens with zero attached hydrogens (tertiary/aromatic N) is 1. The van der Waals surface area contributed by atoms with Crippen LogP contribution in [0.2, 0.25) is 0 Å². The molecule has 0 rings (SSSR count). The molecule has 46 heavy (non-hydrogen) atoms. The Bertz CT molecular complexity index is 733. The fourth-order valence-electron chi connectivity index (χ4n) is 5.69. The summed E-state index contributed by atoms with van der Waals surface area (Å²) in [5.74, 6) is -0.161. The molecule has 1 amide bonds. The number of quaternary nitrogens is 1. The van der Waals surface area contributed by atoms with Crippen LogP contribution in [0.15, 0.2) is 0 Å². The van der Waals surface area contributed by atoms with E-state index in [2.05, 4.69) is 19.2 Å². The van der Waals surface area contributed by atoms with Gasteiger partial charge in [0.25, 0.3) is 0 Å². The van der Waals surface area contributed by atoms with Crippen molar-refractivity contribution in [2.24, 2.45) is 0 Å². The largest absolute Gasteiger partial charge is 0.472 e. The molecule has 0 saturated heterocycles. The number of amides is 1. The fraction of sp³-hybridized carbons (Fsp3) is 0.973. The van der Waals surface area contributed by atoms with Crippen molar-refractivity contribution >= 4 is 13.7 Å². The van der Waals surface area contributed by atoms with Crippen molar-refractivity contribution in [1.29, 1.82) is 0 Å². The number of phosphoric acid groups is 1. The molecule has 3 N–H and O–H groups in total. The summed E-state index contributed by atoms with van der Waals surface area (Å²) in [5.41, 5.74) is 0. The summed E-state index contributed by atoms with van der Waals surface area (Å²) in [4.78, 5) is 22.7. The molecule has 0 aliphatic heterocycles. The summed E-state index contributed by atoms with van der Waals surface area (Å²) < 4.78 is 23.3. The van der Waals surface area contributed by atoms with E-state index in [-0.39, 0.29) is 19.1 Å². The predicted octanol–water partition coefficient (Wildman–Crippen LogP) is 9.85. The zero-order valence-corrected chi connectivity index (χ0v) is 32.0. The van der Waals surface area contributed by atoms with Crippen molar-refractivity contribution in [3.63, 3.8) is 0 Å². The monoisotopic (exact) mass is 678 g/mol. The summed E-state index contributed by atoms with van der Waals surface area (Å²) in [7, 11) is 1.62. The lowest BCUT2D eigenvalue weighted by Gasteiger charge is -2.26. The lowest BCUT2D eigenvalue weighted by Crippen LogP contribution is -2.46. The highest BCUT2D eigenvalue weighted by molar-refractivity contribution is 7.47. The van der Waals surface area contributed by atoms with Gasteiger partial charge in [0.1, 0.15) is 13.2 Å². The van der Waals surface area contributed by atoms with E-state index < -0.39 is 20.0 Å². The second-order valence-corrected chi connectivity index (χ2v) is 16.1. The van der Waals surface area contributed by atoms with E-state index in [1.807, 2.05) is 21.1 Å². The molecule has 0 aliphatic rings. The first kappa shape index (κ1) is 45.5. The van der Waals surface area contributed by atoms with Crippen LogP contribution in [0.1, 0.15) is 181 Å². The van der Waals surface area contributed by atoms with Gasteiger partial charge in [-0.2, -0.15) is 0 Å². The zero-order valence-electron chi connectivity index (χ0n) is 31.1. The van der Waals surface area contributed by atoms with E-state index in [0.717, 1.165) is 44.9 Å². The highest BCUT2D eigenvalue weighted by atomic mass is 31.2. The lowest BCUT2D eigenvalue weighted by molar-refractivity contribution is -0.870. The Hall–Kier alpha value is -0.500. The molecule has 0 heterocycles. The molecule has 0 aromatic rings. The van der Waals surface area contributed by atoms with Crippen molar-refractivity contribution in [3.8, 4) is 0 Å². The Labute approximate surface area is 285 Å². The molecule has 8 nitrogen and oxygen atoms in total. The van der Waals surface area contributed by atoms with Crippen LogP contribution >= 0.6 is 7.82 Å². The second-order valence-electron chi connectivity index (χ2n) is 14.7. The van der Waals surface area contributed by atoms with Gasteiger partial charge in [0.2, 0.25) is 5.91 Å². The van der Waals surface area contributed by atoms with Gasteiger partial charge in [-0.3, -0.25) is 13.8 Å². The molecule has 0 radical (unpaired) electrons. The number of carbonyl (C=O) groups is 1. The molecule has 0 spiro atoms. The number of rotatable bonds is 35. The number of phosphoric ester groups is 1. The van der Waals surface area contributed by atoms with Gasteiger partial charge in [0.15, 0.2) is 0 Å². The van der Waals surface area contributed by atoms with Crippen molar-refractivity contribution < 1.29 is 32.9 Å². The number of hydrogen-bond donors (Lipinski definition) is 3. The highest BCUT2D eigenvalue weighted by Gasteiger charge is 2.28. The molecule has 0 aliphatic carbocycles.